The molecular formula is C35H37F3N6O4. The molecule has 252 valence electrons. The Morgan fingerprint density at radius 1 is 1.15 bits per heavy atom. The van der Waals surface area contributed by atoms with Gasteiger partial charge in [0, 0.05) is 30.7 Å². The Labute approximate surface area is 275 Å². The van der Waals surface area contributed by atoms with Gasteiger partial charge in [-0.3, -0.25) is 28.9 Å². The minimum Gasteiger partial charge on any atom is -0.348 e. The number of likely N-dealkylation sites (tertiary alicyclic amines) is 1. The van der Waals surface area contributed by atoms with Crippen molar-refractivity contribution in [2.45, 2.75) is 76.5 Å². The van der Waals surface area contributed by atoms with Crippen molar-refractivity contribution in [1.29, 1.82) is 0 Å². The molecule has 0 bridgehead atoms. The Bertz CT molecular complexity index is 1880. The summed E-state index contributed by atoms with van der Waals surface area (Å²) in [5.74, 6) is -5.76. The molecule has 0 radical (unpaired) electrons. The molecule has 1 spiro atoms. The number of benzene rings is 2. The van der Waals surface area contributed by atoms with Gasteiger partial charge >= 0.3 is 6.17 Å². The molecule has 10 nitrogen and oxygen atoms in total. The van der Waals surface area contributed by atoms with Crippen molar-refractivity contribution < 1.29 is 32.3 Å². The van der Waals surface area contributed by atoms with Crippen LogP contribution in [0.25, 0.3) is 15.7 Å². The van der Waals surface area contributed by atoms with E-state index in [1.807, 2.05) is 32.9 Å². The number of nitrogens with one attached hydrogen (secondary N) is 3. The standard InChI is InChI=1S/C35H37F3N6O4/c1-34(2,3)15-26(32(47)44-17-35(16-27(44)39-4)20-8-6-7-9-23(20)42-33(35)48)43(5)31(46)25(12-18-10-11-18)41-30(45)24-13-19-21(36)14-22(37)28(38)29(19)40-24/h6-9,13-14,18,25-27,40H,10-12,15-17H2,1-3,5H3,(H,41,45)(H,42,48)/t25-,26-,27-,35-/m0/s1. The molecule has 2 aliphatic heterocycles. The number of H-pyrrole nitrogens is 1. The first-order valence-corrected chi connectivity index (χ1v) is 16.0. The smallest absolute Gasteiger partial charge is 0.302 e. The summed E-state index contributed by atoms with van der Waals surface area (Å²) in [5, 5.41) is 5.25. The maximum absolute atomic E-state index is 14.5. The van der Waals surface area contributed by atoms with E-state index in [0.717, 1.165) is 24.5 Å². The highest BCUT2D eigenvalue weighted by Gasteiger charge is 2.59. The van der Waals surface area contributed by atoms with Crippen molar-refractivity contribution in [3.63, 3.8) is 0 Å². The Balaban J connectivity index is 1.27. The molecule has 0 unspecified atom stereocenters. The van der Waals surface area contributed by atoms with Crippen LogP contribution in [0.5, 0.6) is 0 Å². The van der Waals surface area contributed by atoms with Crippen LogP contribution in [0.15, 0.2) is 36.4 Å². The number of para-hydroxylation sites is 1. The molecule has 2 fully saturated rings. The topological polar surface area (TPSA) is 119 Å². The van der Waals surface area contributed by atoms with Crippen LogP contribution >= 0.6 is 0 Å². The fraction of sp³-hybridized carbons (Fsp3) is 0.457. The molecule has 2 aromatic carbocycles. The number of rotatable bonds is 8. The van der Waals surface area contributed by atoms with Crippen LogP contribution in [-0.4, -0.2) is 70.3 Å². The second kappa shape index (κ2) is 12.0. The fourth-order valence-electron chi connectivity index (χ4n) is 6.97. The highest BCUT2D eigenvalue weighted by Crippen LogP contribution is 2.47. The number of aromatic amines is 1. The molecule has 3 aromatic rings. The van der Waals surface area contributed by atoms with Crippen LogP contribution in [0, 0.1) is 35.4 Å². The van der Waals surface area contributed by atoms with Crippen LogP contribution in [0.4, 0.5) is 18.9 Å². The minimum absolute atomic E-state index is 0.0270. The highest BCUT2D eigenvalue weighted by atomic mass is 19.2. The quantitative estimate of drug-likeness (QED) is 0.229. The van der Waals surface area contributed by atoms with Crippen molar-refractivity contribution in [2.24, 2.45) is 11.3 Å². The molecule has 3 heterocycles. The number of anilines is 1. The van der Waals surface area contributed by atoms with Crippen LogP contribution in [0.2, 0.25) is 0 Å². The summed E-state index contributed by atoms with van der Waals surface area (Å²) in [6.07, 6.45) is 1.37. The number of hydrogen-bond donors (Lipinski definition) is 3. The lowest BCUT2D eigenvalue weighted by Gasteiger charge is -2.36. The molecule has 48 heavy (non-hydrogen) atoms. The summed E-state index contributed by atoms with van der Waals surface area (Å²) in [7, 11) is 1.48. The van der Waals surface area contributed by atoms with E-state index < -0.39 is 69.8 Å². The largest absolute Gasteiger partial charge is 0.348 e. The molecule has 3 N–H and O–H groups in total. The molecule has 4 atom stereocenters. The second-order valence-electron chi connectivity index (χ2n) is 14.4. The van der Waals surface area contributed by atoms with Crippen LogP contribution < -0.4 is 10.6 Å². The molecule has 1 aromatic heterocycles. The maximum atomic E-state index is 14.5. The normalized spacial score (nSPS) is 21.5. The number of carbonyl (C=O) groups is 4. The fourth-order valence-corrected chi connectivity index (χ4v) is 6.97. The number of nitrogens with zero attached hydrogens (tertiary/aromatic N) is 3. The van der Waals surface area contributed by atoms with Crippen molar-refractivity contribution in [3.8, 4) is 0 Å². The van der Waals surface area contributed by atoms with E-state index in [2.05, 4.69) is 20.5 Å². The Hall–Kier alpha value is -4.86. The van der Waals surface area contributed by atoms with Gasteiger partial charge in [-0.1, -0.05) is 51.8 Å². The number of likely N-dealkylation sites (N-methyl/N-ethyl adjacent to an activating group) is 1. The number of carbonyl (C=O) groups excluding carboxylic acids is 4. The number of hydrogen-bond acceptors (Lipinski definition) is 4. The first-order chi connectivity index (χ1) is 22.6. The van der Waals surface area contributed by atoms with Crippen molar-refractivity contribution in [2.75, 3.05) is 18.9 Å². The zero-order chi connectivity index (χ0) is 34.7. The van der Waals surface area contributed by atoms with Gasteiger partial charge in [-0.05, 0) is 41.9 Å². The van der Waals surface area contributed by atoms with Gasteiger partial charge in [0.1, 0.15) is 29.0 Å². The summed E-state index contributed by atoms with van der Waals surface area (Å²) in [5.41, 5.74) is -0.942. The van der Waals surface area contributed by atoms with Crippen LogP contribution in [0.1, 0.15) is 68.9 Å². The molecule has 1 saturated heterocycles. The van der Waals surface area contributed by atoms with Gasteiger partial charge in [-0.2, -0.15) is 0 Å². The van der Waals surface area contributed by atoms with Gasteiger partial charge in [0.2, 0.25) is 11.8 Å². The molecule has 1 saturated carbocycles. The number of amides is 4. The summed E-state index contributed by atoms with van der Waals surface area (Å²) >= 11 is 0. The monoisotopic (exact) mass is 662 g/mol. The lowest BCUT2D eigenvalue weighted by Crippen LogP contribution is -2.56. The van der Waals surface area contributed by atoms with E-state index in [1.54, 1.807) is 12.1 Å². The van der Waals surface area contributed by atoms with Gasteiger partial charge in [-0.15, -0.1) is 0 Å². The SMILES string of the molecule is [C-]#[N+][C@@H]1C[C@@]2(CN1C(=O)[C@H](CC(C)(C)C)N(C)C(=O)[C@H](CC1CC1)NC(=O)c1cc3c(F)cc(F)c(F)c3[nH]1)C(=O)Nc1ccccc12. The Kier molecular flexibility index (Phi) is 8.25. The van der Waals surface area contributed by atoms with Crippen LogP contribution in [-0.2, 0) is 19.8 Å². The number of aromatic nitrogens is 1. The third kappa shape index (κ3) is 5.88. The third-order valence-electron chi connectivity index (χ3n) is 9.67. The molecular weight excluding hydrogens is 625 g/mol. The summed E-state index contributed by atoms with van der Waals surface area (Å²) in [6, 6.07) is 6.54. The molecule has 13 heteroatoms. The zero-order valence-electron chi connectivity index (χ0n) is 27.1. The van der Waals surface area contributed by atoms with Gasteiger partial charge < -0.3 is 20.5 Å². The van der Waals surface area contributed by atoms with Crippen molar-refractivity contribution in [3.05, 3.63) is 76.5 Å². The first-order valence-electron chi connectivity index (χ1n) is 16.0. The molecule has 1 aliphatic carbocycles. The summed E-state index contributed by atoms with van der Waals surface area (Å²) in [6.45, 7) is 13.7. The lowest BCUT2D eigenvalue weighted by atomic mass is 9.80. The van der Waals surface area contributed by atoms with E-state index in [-0.39, 0.29) is 48.7 Å². The van der Waals surface area contributed by atoms with Crippen LogP contribution in [0.3, 0.4) is 0 Å². The first kappa shape index (κ1) is 33.1. The number of fused-ring (bicyclic) bond motifs is 3. The van der Waals surface area contributed by atoms with E-state index >= 15 is 0 Å². The number of halogens is 3. The van der Waals surface area contributed by atoms with Crippen molar-refractivity contribution in [1.82, 2.24) is 20.1 Å². The summed E-state index contributed by atoms with van der Waals surface area (Å²) in [4.78, 5) is 64.2. The van der Waals surface area contributed by atoms with E-state index in [1.165, 1.54) is 16.8 Å². The highest BCUT2D eigenvalue weighted by molar-refractivity contribution is 6.07. The van der Waals surface area contributed by atoms with Gasteiger partial charge in [0.25, 0.3) is 11.8 Å². The van der Waals surface area contributed by atoms with E-state index in [4.69, 9.17) is 6.57 Å². The van der Waals surface area contributed by atoms with Gasteiger partial charge in [-0.25, -0.2) is 19.7 Å². The maximum Gasteiger partial charge on any atom is 0.302 e. The minimum atomic E-state index is -1.41. The van der Waals surface area contributed by atoms with E-state index in [9.17, 15) is 32.3 Å². The van der Waals surface area contributed by atoms with Gasteiger partial charge in [0.05, 0.1) is 11.9 Å². The Morgan fingerprint density at radius 3 is 2.52 bits per heavy atom. The average molecular weight is 663 g/mol. The predicted molar refractivity (Wildman–Crippen MR) is 171 cm³/mol. The third-order valence-corrected chi connectivity index (χ3v) is 9.67. The van der Waals surface area contributed by atoms with Crippen molar-refractivity contribution >= 4 is 40.2 Å². The molecule has 4 amide bonds. The predicted octanol–water partition coefficient (Wildman–Crippen LogP) is 5.11. The van der Waals surface area contributed by atoms with E-state index in [0.29, 0.717) is 11.8 Å². The zero-order valence-corrected chi connectivity index (χ0v) is 27.1. The average Bonchev–Trinajstić information content (AvgIpc) is 3.48. The lowest BCUT2D eigenvalue weighted by molar-refractivity contribution is -0.147. The Morgan fingerprint density at radius 2 is 1.85 bits per heavy atom. The van der Waals surface area contributed by atoms with Gasteiger partial charge in [0.15, 0.2) is 11.6 Å². The second-order valence-corrected chi connectivity index (χ2v) is 14.4. The summed E-state index contributed by atoms with van der Waals surface area (Å²) < 4.78 is 42.5. The molecule has 6 rings (SSSR count). The molecule has 3 aliphatic rings.